The van der Waals surface area contributed by atoms with Gasteiger partial charge >= 0.3 is 6.01 Å². The molecule has 0 aliphatic heterocycles. The van der Waals surface area contributed by atoms with Crippen LogP contribution in [0.15, 0.2) is 6.33 Å². The van der Waals surface area contributed by atoms with Crippen molar-refractivity contribution in [1.29, 1.82) is 0 Å². The Balaban J connectivity index is 2.40. The number of imidazole rings is 1. The second-order valence-corrected chi connectivity index (χ2v) is 4.52. The van der Waals surface area contributed by atoms with Gasteiger partial charge in [-0.1, -0.05) is 13.3 Å². The van der Waals surface area contributed by atoms with Crippen LogP contribution in [0.5, 0.6) is 6.01 Å². The van der Waals surface area contributed by atoms with Gasteiger partial charge < -0.3 is 15.0 Å². The van der Waals surface area contributed by atoms with Gasteiger partial charge in [-0.25, -0.2) is 4.98 Å². The van der Waals surface area contributed by atoms with Gasteiger partial charge in [-0.15, -0.1) is 0 Å². The number of fused-ring (bicyclic) bond motifs is 1. The Labute approximate surface area is 106 Å². The molecule has 0 aromatic carbocycles. The molecule has 6 nitrogen and oxygen atoms in total. The molecule has 2 N–H and O–H groups in total. The zero-order valence-electron chi connectivity index (χ0n) is 11.1. The summed E-state index contributed by atoms with van der Waals surface area (Å²) in [6.07, 6.45) is 3.98. The summed E-state index contributed by atoms with van der Waals surface area (Å²) in [6, 6.07) is 0.313. The van der Waals surface area contributed by atoms with Crippen molar-refractivity contribution < 1.29 is 4.74 Å². The van der Waals surface area contributed by atoms with Gasteiger partial charge in [0.2, 0.25) is 0 Å². The summed E-state index contributed by atoms with van der Waals surface area (Å²) in [5.41, 5.74) is 7.25. The smallest absolute Gasteiger partial charge is 0.320 e. The number of hydrogen-bond donors (Lipinski definition) is 1. The number of nitrogen functional groups attached to an aromatic ring is 1. The monoisotopic (exact) mass is 249 g/mol. The molecule has 0 aliphatic carbocycles. The molecule has 0 spiro atoms. The molecule has 0 fully saturated rings. The molecule has 0 unspecified atom stereocenters. The molecule has 0 amide bonds. The molecule has 18 heavy (non-hydrogen) atoms. The van der Waals surface area contributed by atoms with E-state index >= 15 is 0 Å². The van der Waals surface area contributed by atoms with Crippen LogP contribution in [0, 0.1) is 0 Å². The fourth-order valence-corrected chi connectivity index (χ4v) is 1.70. The van der Waals surface area contributed by atoms with Gasteiger partial charge in [-0.2, -0.15) is 9.97 Å². The van der Waals surface area contributed by atoms with Gasteiger partial charge in [0.1, 0.15) is 5.52 Å². The Kier molecular flexibility index (Phi) is 3.64. The van der Waals surface area contributed by atoms with Crippen molar-refractivity contribution in [2.24, 2.45) is 0 Å². The van der Waals surface area contributed by atoms with E-state index < -0.39 is 0 Å². The number of hydrogen-bond acceptors (Lipinski definition) is 5. The van der Waals surface area contributed by atoms with E-state index in [0.717, 1.165) is 25.0 Å². The normalized spacial score (nSPS) is 11.3. The highest BCUT2D eigenvalue weighted by Crippen LogP contribution is 2.20. The van der Waals surface area contributed by atoms with Crippen molar-refractivity contribution >= 4 is 17.0 Å². The second-order valence-electron chi connectivity index (χ2n) is 4.52. The quantitative estimate of drug-likeness (QED) is 0.876. The van der Waals surface area contributed by atoms with Gasteiger partial charge in [0, 0.05) is 6.54 Å². The number of aryl methyl sites for hydroxylation is 1. The number of rotatable bonds is 5. The third-order valence-electron chi connectivity index (χ3n) is 2.56. The van der Waals surface area contributed by atoms with Crippen LogP contribution in [0.3, 0.4) is 0 Å². The molecule has 0 saturated heterocycles. The molecule has 98 valence electrons. The van der Waals surface area contributed by atoms with Crippen LogP contribution in [-0.2, 0) is 6.54 Å². The van der Waals surface area contributed by atoms with Gasteiger partial charge in [-0.3, -0.25) is 0 Å². The average molecular weight is 249 g/mol. The number of anilines is 1. The largest absolute Gasteiger partial charge is 0.461 e. The van der Waals surface area contributed by atoms with Gasteiger partial charge in [-0.05, 0) is 20.3 Å². The van der Waals surface area contributed by atoms with E-state index in [2.05, 4.69) is 21.9 Å². The summed E-state index contributed by atoms with van der Waals surface area (Å²) in [7, 11) is 0. The Bertz CT molecular complexity index is 534. The van der Waals surface area contributed by atoms with Crippen LogP contribution in [0.4, 0.5) is 5.82 Å². The van der Waals surface area contributed by atoms with Crippen LogP contribution < -0.4 is 10.5 Å². The highest BCUT2D eigenvalue weighted by molar-refractivity contribution is 5.81. The topological polar surface area (TPSA) is 78.9 Å². The maximum absolute atomic E-state index is 5.87. The van der Waals surface area contributed by atoms with Crippen LogP contribution >= 0.6 is 0 Å². The van der Waals surface area contributed by atoms with Crippen molar-refractivity contribution in [3.8, 4) is 6.01 Å². The van der Waals surface area contributed by atoms with Gasteiger partial charge in [0.05, 0.1) is 12.4 Å². The zero-order valence-corrected chi connectivity index (χ0v) is 11.1. The summed E-state index contributed by atoms with van der Waals surface area (Å²) in [4.78, 5) is 12.7. The number of unbranched alkanes of at least 4 members (excludes halogenated alkanes) is 1. The molecule has 0 saturated carbocycles. The number of nitrogens with two attached hydrogens (primary N) is 1. The average Bonchev–Trinajstić information content (AvgIpc) is 2.69. The molecule has 2 rings (SSSR count). The third kappa shape index (κ3) is 2.52. The molecule has 2 heterocycles. The molecule has 2 aromatic heterocycles. The lowest BCUT2D eigenvalue weighted by atomic mass is 10.3. The minimum Gasteiger partial charge on any atom is -0.461 e. The van der Waals surface area contributed by atoms with Crippen LogP contribution in [-0.4, -0.2) is 25.6 Å². The standard InChI is InChI=1S/C12H19N5O/c1-4-5-6-17-7-14-9-10(13)15-12(16-11(9)17)18-8(2)3/h7-8H,4-6H2,1-3H3,(H2,13,15,16). The van der Waals surface area contributed by atoms with Crippen molar-refractivity contribution in [1.82, 2.24) is 19.5 Å². The molecule has 0 bridgehead atoms. The van der Waals surface area contributed by atoms with Crippen molar-refractivity contribution in [3.63, 3.8) is 0 Å². The lowest BCUT2D eigenvalue weighted by Crippen LogP contribution is -2.10. The predicted molar refractivity (Wildman–Crippen MR) is 70.4 cm³/mol. The summed E-state index contributed by atoms with van der Waals surface area (Å²) in [6.45, 7) is 6.89. The third-order valence-corrected chi connectivity index (χ3v) is 2.56. The maximum Gasteiger partial charge on any atom is 0.320 e. The van der Waals surface area contributed by atoms with Crippen LogP contribution in [0.1, 0.15) is 33.6 Å². The molecule has 0 aliphatic rings. The first-order chi connectivity index (χ1) is 8.61. The highest BCUT2D eigenvalue weighted by atomic mass is 16.5. The van der Waals surface area contributed by atoms with Gasteiger partial charge in [0.15, 0.2) is 11.5 Å². The minimum atomic E-state index is 0.0221. The Hall–Kier alpha value is -1.85. The molecular formula is C12H19N5O. The zero-order chi connectivity index (χ0) is 13.1. The first-order valence-electron chi connectivity index (χ1n) is 6.26. The predicted octanol–water partition coefficient (Wildman–Crippen LogP) is 2.00. The SMILES string of the molecule is CCCCn1cnc2c(N)nc(OC(C)C)nc21. The van der Waals surface area contributed by atoms with Crippen molar-refractivity contribution in [2.75, 3.05) is 5.73 Å². The van der Waals surface area contributed by atoms with E-state index in [9.17, 15) is 0 Å². The molecular weight excluding hydrogens is 230 g/mol. The number of nitrogens with zero attached hydrogens (tertiary/aromatic N) is 4. The van der Waals surface area contributed by atoms with E-state index in [0.29, 0.717) is 17.3 Å². The second kappa shape index (κ2) is 5.20. The van der Waals surface area contributed by atoms with Crippen molar-refractivity contribution in [2.45, 2.75) is 46.3 Å². The first kappa shape index (κ1) is 12.6. The number of ether oxygens (including phenoxy) is 1. The fourth-order valence-electron chi connectivity index (χ4n) is 1.70. The minimum absolute atomic E-state index is 0.0221. The lowest BCUT2D eigenvalue weighted by Gasteiger charge is -2.09. The number of aromatic nitrogens is 4. The maximum atomic E-state index is 5.87. The van der Waals surface area contributed by atoms with Crippen LogP contribution in [0.25, 0.3) is 11.2 Å². The summed E-state index contributed by atoms with van der Waals surface area (Å²) >= 11 is 0. The Morgan fingerprint density at radius 3 is 2.83 bits per heavy atom. The van der Waals surface area contributed by atoms with Crippen molar-refractivity contribution in [3.05, 3.63) is 6.33 Å². The highest BCUT2D eigenvalue weighted by Gasteiger charge is 2.12. The van der Waals surface area contributed by atoms with E-state index in [4.69, 9.17) is 10.5 Å². The summed E-state index contributed by atoms with van der Waals surface area (Å²) in [5.74, 6) is 0.367. The molecule has 0 atom stereocenters. The molecule has 2 aromatic rings. The lowest BCUT2D eigenvalue weighted by molar-refractivity contribution is 0.223. The molecule has 0 radical (unpaired) electrons. The van der Waals surface area contributed by atoms with Gasteiger partial charge in [0.25, 0.3) is 0 Å². The fraction of sp³-hybridized carbons (Fsp3) is 0.583. The van der Waals surface area contributed by atoms with E-state index in [-0.39, 0.29) is 6.10 Å². The first-order valence-corrected chi connectivity index (χ1v) is 6.26. The summed E-state index contributed by atoms with van der Waals surface area (Å²) < 4.78 is 7.48. The van der Waals surface area contributed by atoms with E-state index in [1.54, 1.807) is 6.33 Å². The molecule has 6 heteroatoms. The summed E-state index contributed by atoms with van der Waals surface area (Å²) in [5, 5.41) is 0. The van der Waals surface area contributed by atoms with E-state index in [1.807, 2.05) is 18.4 Å². The Morgan fingerprint density at radius 1 is 1.39 bits per heavy atom. The van der Waals surface area contributed by atoms with E-state index in [1.165, 1.54) is 0 Å². The van der Waals surface area contributed by atoms with Crippen LogP contribution in [0.2, 0.25) is 0 Å². The Morgan fingerprint density at radius 2 is 2.17 bits per heavy atom.